The maximum Gasteiger partial charge on any atom is 0.262 e. The van der Waals surface area contributed by atoms with Gasteiger partial charge in [-0.3, -0.25) is 9.36 Å². The van der Waals surface area contributed by atoms with Crippen LogP contribution >= 0.6 is 11.8 Å². The molecule has 0 amide bonds. The van der Waals surface area contributed by atoms with Crippen molar-refractivity contribution >= 4 is 22.7 Å². The lowest BCUT2D eigenvalue weighted by Gasteiger charge is -2.11. The summed E-state index contributed by atoms with van der Waals surface area (Å²) in [4.78, 5) is 22.0. The lowest BCUT2D eigenvalue weighted by Crippen LogP contribution is -2.22. The van der Waals surface area contributed by atoms with Gasteiger partial charge in [0.05, 0.1) is 16.7 Å². The molecule has 2 heterocycles. The van der Waals surface area contributed by atoms with E-state index in [0.717, 1.165) is 12.8 Å². The fourth-order valence-electron chi connectivity index (χ4n) is 3.17. The Kier molecular flexibility index (Phi) is 4.43. The first-order chi connectivity index (χ1) is 14.1. The molecule has 0 unspecified atom stereocenters. The molecule has 8 heteroatoms. The molecular formula is C21H17FN4O2S. The molecule has 29 heavy (non-hydrogen) atoms. The minimum Gasteiger partial charge on any atom is -0.338 e. The topological polar surface area (TPSA) is 73.8 Å². The third-order valence-electron chi connectivity index (χ3n) is 4.91. The van der Waals surface area contributed by atoms with Gasteiger partial charge in [-0.25, -0.2) is 9.37 Å². The SMILES string of the molecule is Cc1ccc(-c2noc(CSc3nc4ccccc4c(=O)n3C3CC3)n2)cc1F. The van der Waals surface area contributed by atoms with Crippen LogP contribution in [0.25, 0.3) is 22.3 Å². The van der Waals surface area contributed by atoms with Crippen molar-refractivity contribution in [2.45, 2.75) is 36.7 Å². The molecule has 6 nitrogen and oxygen atoms in total. The summed E-state index contributed by atoms with van der Waals surface area (Å²) in [6.07, 6.45) is 1.97. The maximum atomic E-state index is 13.8. The van der Waals surface area contributed by atoms with Gasteiger partial charge in [-0.1, -0.05) is 41.2 Å². The van der Waals surface area contributed by atoms with Gasteiger partial charge in [0, 0.05) is 11.6 Å². The minimum atomic E-state index is -0.308. The van der Waals surface area contributed by atoms with E-state index in [2.05, 4.69) is 15.1 Å². The highest BCUT2D eigenvalue weighted by molar-refractivity contribution is 7.98. The van der Waals surface area contributed by atoms with Crippen molar-refractivity contribution in [3.63, 3.8) is 0 Å². The van der Waals surface area contributed by atoms with E-state index in [9.17, 15) is 9.18 Å². The number of aromatic nitrogens is 4. The summed E-state index contributed by atoms with van der Waals surface area (Å²) in [5.74, 6) is 0.803. The van der Waals surface area contributed by atoms with Crippen LogP contribution in [0.4, 0.5) is 4.39 Å². The molecule has 1 saturated carbocycles. The number of thioether (sulfide) groups is 1. The predicted octanol–water partition coefficient (Wildman–Crippen LogP) is 4.52. The van der Waals surface area contributed by atoms with E-state index >= 15 is 0 Å². The number of hydrogen-bond donors (Lipinski definition) is 0. The van der Waals surface area contributed by atoms with Crippen LogP contribution in [-0.4, -0.2) is 19.7 Å². The number of benzene rings is 2. The van der Waals surface area contributed by atoms with Crippen molar-refractivity contribution in [2.75, 3.05) is 0 Å². The van der Waals surface area contributed by atoms with E-state index < -0.39 is 0 Å². The molecule has 2 aromatic carbocycles. The molecule has 0 aliphatic heterocycles. The molecule has 0 bridgehead atoms. The summed E-state index contributed by atoms with van der Waals surface area (Å²) in [5, 5.41) is 5.23. The summed E-state index contributed by atoms with van der Waals surface area (Å²) in [6.45, 7) is 1.70. The smallest absolute Gasteiger partial charge is 0.262 e. The van der Waals surface area contributed by atoms with Gasteiger partial charge < -0.3 is 4.52 Å². The fraction of sp³-hybridized carbons (Fsp3) is 0.238. The molecule has 1 aliphatic rings. The lowest BCUT2D eigenvalue weighted by atomic mass is 10.1. The zero-order chi connectivity index (χ0) is 20.0. The fourth-order valence-corrected chi connectivity index (χ4v) is 4.07. The molecule has 1 aliphatic carbocycles. The lowest BCUT2D eigenvalue weighted by molar-refractivity contribution is 0.391. The van der Waals surface area contributed by atoms with Crippen LogP contribution in [0.3, 0.4) is 0 Å². The largest absolute Gasteiger partial charge is 0.338 e. The Balaban J connectivity index is 1.42. The van der Waals surface area contributed by atoms with Crippen LogP contribution < -0.4 is 5.56 Å². The van der Waals surface area contributed by atoms with E-state index in [-0.39, 0.29) is 17.4 Å². The summed E-state index contributed by atoms with van der Waals surface area (Å²) in [6, 6.07) is 12.4. The van der Waals surface area contributed by atoms with Gasteiger partial charge >= 0.3 is 0 Å². The van der Waals surface area contributed by atoms with Gasteiger partial charge in [0.25, 0.3) is 5.56 Å². The van der Waals surface area contributed by atoms with Gasteiger partial charge in [0.15, 0.2) is 5.16 Å². The molecular weight excluding hydrogens is 391 g/mol. The Morgan fingerprint density at radius 3 is 2.83 bits per heavy atom. The van der Waals surface area contributed by atoms with E-state index in [4.69, 9.17) is 4.52 Å². The van der Waals surface area contributed by atoms with E-state index in [0.29, 0.717) is 44.7 Å². The summed E-state index contributed by atoms with van der Waals surface area (Å²) in [5.41, 5.74) is 1.79. The molecule has 146 valence electrons. The first-order valence-corrected chi connectivity index (χ1v) is 10.3. The van der Waals surface area contributed by atoms with Crippen LogP contribution in [-0.2, 0) is 5.75 Å². The molecule has 0 saturated heterocycles. The molecule has 0 N–H and O–H groups in total. The monoisotopic (exact) mass is 408 g/mol. The number of rotatable bonds is 5. The zero-order valence-electron chi connectivity index (χ0n) is 15.6. The van der Waals surface area contributed by atoms with Crippen molar-refractivity contribution < 1.29 is 8.91 Å². The molecule has 5 rings (SSSR count). The van der Waals surface area contributed by atoms with Crippen molar-refractivity contribution in [3.05, 3.63) is 70.1 Å². The zero-order valence-corrected chi connectivity index (χ0v) is 16.4. The van der Waals surface area contributed by atoms with Crippen LogP contribution in [0.1, 0.15) is 30.3 Å². The van der Waals surface area contributed by atoms with Gasteiger partial charge in [0.2, 0.25) is 11.7 Å². The maximum absolute atomic E-state index is 13.8. The Labute approximate surface area is 169 Å². The third kappa shape index (κ3) is 3.44. The molecule has 4 aromatic rings. The first-order valence-electron chi connectivity index (χ1n) is 9.33. The molecule has 2 aromatic heterocycles. The Bertz CT molecular complexity index is 1280. The number of aryl methyl sites for hydroxylation is 1. The molecule has 0 atom stereocenters. The second kappa shape index (κ2) is 7.11. The van der Waals surface area contributed by atoms with Gasteiger partial charge in [-0.2, -0.15) is 4.98 Å². The summed E-state index contributed by atoms with van der Waals surface area (Å²) >= 11 is 1.39. The number of para-hydroxylation sites is 1. The quantitative estimate of drug-likeness (QED) is 0.357. The average molecular weight is 408 g/mol. The third-order valence-corrected chi connectivity index (χ3v) is 5.85. The normalized spacial score (nSPS) is 13.9. The summed E-state index contributed by atoms with van der Waals surface area (Å²) < 4.78 is 20.9. The van der Waals surface area contributed by atoms with E-state index in [1.165, 1.54) is 17.8 Å². The van der Waals surface area contributed by atoms with Crippen molar-refractivity contribution in [2.24, 2.45) is 0 Å². The Morgan fingerprint density at radius 2 is 2.03 bits per heavy atom. The second-order valence-corrected chi connectivity index (χ2v) is 8.02. The molecule has 0 spiro atoms. The van der Waals surface area contributed by atoms with Crippen LogP contribution in [0.5, 0.6) is 0 Å². The number of fused-ring (bicyclic) bond motifs is 1. The molecule has 1 fully saturated rings. The number of nitrogens with zero attached hydrogens (tertiary/aromatic N) is 4. The van der Waals surface area contributed by atoms with Crippen LogP contribution in [0.15, 0.2) is 56.9 Å². The predicted molar refractivity (Wildman–Crippen MR) is 108 cm³/mol. The summed E-state index contributed by atoms with van der Waals surface area (Å²) in [7, 11) is 0. The van der Waals surface area contributed by atoms with Crippen LogP contribution in [0.2, 0.25) is 0 Å². The highest BCUT2D eigenvalue weighted by atomic mass is 32.2. The van der Waals surface area contributed by atoms with Crippen molar-refractivity contribution in [1.82, 2.24) is 19.7 Å². The highest BCUT2D eigenvalue weighted by Crippen LogP contribution is 2.37. The van der Waals surface area contributed by atoms with Crippen LogP contribution in [0, 0.1) is 12.7 Å². The number of halogens is 1. The average Bonchev–Trinajstić information content (AvgIpc) is 3.45. The first kappa shape index (κ1) is 18.1. The van der Waals surface area contributed by atoms with Crippen molar-refractivity contribution in [3.8, 4) is 11.4 Å². The van der Waals surface area contributed by atoms with E-state index in [1.807, 2.05) is 24.3 Å². The van der Waals surface area contributed by atoms with Crippen molar-refractivity contribution in [1.29, 1.82) is 0 Å². The Morgan fingerprint density at radius 1 is 1.21 bits per heavy atom. The molecule has 0 radical (unpaired) electrons. The van der Waals surface area contributed by atoms with Gasteiger partial charge in [0.1, 0.15) is 5.82 Å². The standard InChI is InChI=1S/C21H17FN4O2S/c1-12-6-7-13(10-16(12)22)19-24-18(28-25-19)11-29-21-23-17-5-3-2-4-15(17)20(27)26(21)14-8-9-14/h2-7,10,14H,8-9,11H2,1H3. The van der Waals surface area contributed by atoms with E-state index in [1.54, 1.807) is 23.6 Å². The van der Waals surface area contributed by atoms with Gasteiger partial charge in [-0.05, 0) is 43.5 Å². The Hall–Kier alpha value is -3.00. The number of hydrogen-bond acceptors (Lipinski definition) is 6. The second-order valence-electron chi connectivity index (χ2n) is 7.08. The van der Waals surface area contributed by atoms with Gasteiger partial charge in [-0.15, -0.1) is 0 Å². The minimum absolute atomic E-state index is 0.0121. The highest BCUT2D eigenvalue weighted by Gasteiger charge is 2.28.